The van der Waals surface area contributed by atoms with E-state index in [2.05, 4.69) is 26.0 Å². The second-order valence-corrected chi connectivity index (χ2v) is 7.31. The van der Waals surface area contributed by atoms with Gasteiger partial charge in [0.05, 0.1) is 15.9 Å². The standard InChI is InChI=1S/C12H18BrFN2O2S/c1-8(2)15-4-5-19(17,18)16-12-7-11(14)10(13)6-9(12)3/h6-8,15-16H,4-5H2,1-3H3. The second-order valence-electron chi connectivity index (χ2n) is 4.61. The van der Waals surface area contributed by atoms with Crippen LogP contribution in [0.5, 0.6) is 0 Å². The first-order chi connectivity index (χ1) is 8.71. The van der Waals surface area contributed by atoms with Crippen molar-refractivity contribution in [3.63, 3.8) is 0 Å². The third kappa shape index (κ3) is 5.46. The molecule has 19 heavy (non-hydrogen) atoms. The molecular weight excluding hydrogens is 335 g/mol. The summed E-state index contributed by atoms with van der Waals surface area (Å²) < 4.78 is 39.8. The Morgan fingerprint density at radius 2 is 2.00 bits per heavy atom. The van der Waals surface area contributed by atoms with Gasteiger partial charge in [-0.2, -0.15) is 0 Å². The number of halogens is 2. The van der Waals surface area contributed by atoms with Crippen LogP contribution in [-0.4, -0.2) is 26.8 Å². The average Bonchev–Trinajstić information content (AvgIpc) is 2.24. The average molecular weight is 353 g/mol. The monoisotopic (exact) mass is 352 g/mol. The third-order valence-corrected chi connectivity index (χ3v) is 4.34. The zero-order valence-electron chi connectivity index (χ0n) is 11.1. The van der Waals surface area contributed by atoms with Crippen LogP contribution in [-0.2, 0) is 10.0 Å². The topological polar surface area (TPSA) is 58.2 Å². The summed E-state index contributed by atoms with van der Waals surface area (Å²) in [6, 6.07) is 2.94. The number of sulfonamides is 1. The minimum atomic E-state index is -3.48. The molecule has 0 aliphatic rings. The maximum atomic E-state index is 13.4. The van der Waals surface area contributed by atoms with Gasteiger partial charge in [0.2, 0.25) is 10.0 Å². The summed E-state index contributed by atoms with van der Waals surface area (Å²) in [6.45, 7) is 5.95. The van der Waals surface area contributed by atoms with Gasteiger partial charge in [0, 0.05) is 12.6 Å². The molecule has 0 saturated carbocycles. The van der Waals surface area contributed by atoms with E-state index >= 15 is 0 Å². The van der Waals surface area contributed by atoms with E-state index in [0.29, 0.717) is 16.6 Å². The highest BCUT2D eigenvalue weighted by atomic mass is 79.9. The minimum Gasteiger partial charge on any atom is -0.313 e. The van der Waals surface area contributed by atoms with Crippen molar-refractivity contribution in [1.29, 1.82) is 0 Å². The van der Waals surface area contributed by atoms with Crippen LogP contribution in [0.3, 0.4) is 0 Å². The van der Waals surface area contributed by atoms with Crippen molar-refractivity contribution in [2.75, 3.05) is 17.0 Å². The van der Waals surface area contributed by atoms with Gasteiger partial charge in [-0.3, -0.25) is 4.72 Å². The van der Waals surface area contributed by atoms with Gasteiger partial charge in [0.1, 0.15) is 5.82 Å². The lowest BCUT2D eigenvalue weighted by atomic mass is 10.2. The normalized spacial score (nSPS) is 11.9. The smallest absolute Gasteiger partial charge is 0.233 e. The molecule has 0 aliphatic carbocycles. The van der Waals surface area contributed by atoms with Crippen LogP contribution in [0.2, 0.25) is 0 Å². The fraction of sp³-hybridized carbons (Fsp3) is 0.500. The Labute approximate surface area is 122 Å². The predicted octanol–water partition coefficient (Wildman–Crippen LogP) is 2.64. The predicted molar refractivity (Wildman–Crippen MR) is 79.4 cm³/mol. The van der Waals surface area contributed by atoms with E-state index in [-0.39, 0.29) is 17.5 Å². The van der Waals surface area contributed by atoms with Gasteiger partial charge in [0.15, 0.2) is 0 Å². The molecule has 0 aliphatic heterocycles. The van der Waals surface area contributed by atoms with E-state index in [4.69, 9.17) is 0 Å². The van der Waals surface area contributed by atoms with E-state index in [1.165, 1.54) is 6.07 Å². The number of aryl methyl sites for hydroxylation is 1. The number of rotatable bonds is 6. The molecule has 0 atom stereocenters. The molecule has 0 aromatic heterocycles. The van der Waals surface area contributed by atoms with Gasteiger partial charge in [-0.15, -0.1) is 0 Å². The van der Waals surface area contributed by atoms with Crippen LogP contribution >= 0.6 is 15.9 Å². The lowest BCUT2D eigenvalue weighted by molar-refractivity contribution is 0.582. The quantitative estimate of drug-likeness (QED) is 0.827. The highest BCUT2D eigenvalue weighted by Crippen LogP contribution is 2.24. The van der Waals surface area contributed by atoms with Crippen molar-refractivity contribution >= 4 is 31.6 Å². The van der Waals surface area contributed by atoms with Gasteiger partial charge in [-0.1, -0.05) is 13.8 Å². The Balaban J connectivity index is 2.76. The fourth-order valence-electron chi connectivity index (χ4n) is 1.46. The minimum absolute atomic E-state index is 0.0533. The van der Waals surface area contributed by atoms with Gasteiger partial charge in [0.25, 0.3) is 0 Å². The first-order valence-corrected chi connectivity index (χ1v) is 8.35. The molecular formula is C12H18BrFN2O2S. The molecule has 0 radical (unpaired) electrons. The van der Waals surface area contributed by atoms with Crippen molar-refractivity contribution in [2.24, 2.45) is 0 Å². The highest BCUT2D eigenvalue weighted by Gasteiger charge is 2.13. The van der Waals surface area contributed by atoms with Crippen LogP contribution in [0, 0.1) is 12.7 Å². The van der Waals surface area contributed by atoms with Crippen molar-refractivity contribution in [3.05, 3.63) is 28.0 Å². The Bertz CT molecular complexity index is 547. The molecule has 0 amide bonds. The molecule has 1 aromatic rings. The van der Waals surface area contributed by atoms with Crippen LogP contribution in [0.15, 0.2) is 16.6 Å². The maximum Gasteiger partial charge on any atom is 0.233 e. The Morgan fingerprint density at radius 1 is 1.37 bits per heavy atom. The van der Waals surface area contributed by atoms with Gasteiger partial charge in [-0.25, -0.2) is 12.8 Å². The molecule has 0 unspecified atom stereocenters. The van der Waals surface area contributed by atoms with E-state index in [1.807, 2.05) is 13.8 Å². The summed E-state index contributed by atoms with van der Waals surface area (Å²) in [4.78, 5) is 0. The molecule has 0 bridgehead atoms. The molecule has 7 heteroatoms. The summed E-state index contributed by atoms with van der Waals surface area (Å²) in [5, 5.41) is 3.02. The number of hydrogen-bond donors (Lipinski definition) is 2. The summed E-state index contributed by atoms with van der Waals surface area (Å²) in [6.07, 6.45) is 0. The van der Waals surface area contributed by atoms with Crippen LogP contribution < -0.4 is 10.0 Å². The van der Waals surface area contributed by atoms with E-state index in [9.17, 15) is 12.8 Å². The van der Waals surface area contributed by atoms with Gasteiger partial charge >= 0.3 is 0 Å². The highest BCUT2D eigenvalue weighted by molar-refractivity contribution is 9.10. The van der Waals surface area contributed by atoms with Crippen molar-refractivity contribution in [2.45, 2.75) is 26.8 Å². The second kappa shape index (κ2) is 6.67. The van der Waals surface area contributed by atoms with Crippen LogP contribution in [0.1, 0.15) is 19.4 Å². The first kappa shape index (κ1) is 16.4. The summed E-state index contributed by atoms with van der Waals surface area (Å²) in [7, 11) is -3.48. The zero-order chi connectivity index (χ0) is 14.6. The van der Waals surface area contributed by atoms with Crippen molar-refractivity contribution < 1.29 is 12.8 Å². The molecule has 1 aromatic carbocycles. The van der Waals surface area contributed by atoms with E-state index < -0.39 is 15.8 Å². The van der Waals surface area contributed by atoms with Gasteiger partial charge in [-0.05, 0) is 40.5 Å². The number of nitrogens with one attached hydrogen (secondary N) is 2. The summed E-state index contributed by atoms with van der Waals surface area (Å²) >= 11 is 3.06. The lowest BCUT2D eigenvalue weighted by Crippen LogP contribution is -2.31. The Kier molecular flexibility index (Phi) is 5.76. The Hall–Kier alpha value is -0.660. The van der Waals surface area contributed by atoms with Crippen LogP contribution in [0.4, 0.5) is 10.1 Å². The molecule has 2 N–H and O–H groups in total. The van der Waals surface area contributed by atoms with Crippen LogP contribution in [0.25, 0.3) is 0 Å². The molecule has 1 rings (SSSR count). The largest absolute Gasteiger partial charge is 0.313 e. The number of hydrogen-bond acceptors (Lipinski definition) is 3. The first-order valence-electron chi connectivity index (χ1n) is 5.91. The maximum absolute atomic E-state index is 13.4. The number of benzene rings is 1. The molecule has 4 nitrogen and oxygen atoms in total. The summed E-state index contributed by atoms with van der Waals surface area (Å²) in [5.41, 5.74) is 0.930. The fourth-order valence-corrected chi connectivity index (χ4v) is 2.96. The van der Waals surface area contributed by atoms with Gasteiger partial charge < -0.3 is 5.32 Å². The van der Waals surface area contributed by atoms with Crippen molar-refractivity contribution in [3.8, 4) is 0 Å². The molecule has 0 spiro atoms. The molecule has 0 fully saturated rings. The van der Waals surface area contributed by atoms with Crippen molar-refractivity contribution in [1.82, 2.24) is 5.32 Å². The SMILES string of the molecule is Cc1cc(Br)c(F)cc1NS(=O)(=O)CCNC(C)C. The molecule has 0 heterocycles. The summed E-state index contributed by atoms with van der Waals surface area (Å²) in [5.74, 6) is -0.550. The molecule has 108 valence electrons. The molecule has 0 saturated heterocycles. The van der Waals surface area contributed by atoms with E-state index in [0.717, 1.165) is 0 Å². The van der Waals surface area contributed by atoms with E-state index in [1.54, 1.807) is 13.0 Å². The number of anilines is 1. The Morgan fingerprint density at radius 3 is 2.58 bits per heavy atom. The lowest BCUT2D eigenvalue weighted by Gasteiger charge is -2.12. The zero-order valence-corrected chi connectivity index (χ0v) is 13.5. The third-order valence-electron chi connectivity index (χ3n) is 2.46.